The van der Waals surface area contributed by atoms with Gasteiger partial charge in [0.1, 0.15) is 17.1 Å². The van der Waals surface area contributed by atoms with Crippen LogP contribution >= 0.6 is 11.3 Å². The van der Waals surface area contributed by atoms with E-state index in [-0.39, 0.29) is 24.1 Å². The Morgan fingerprint density at radius 2 is 2.14 bits per heavy atom. The molecule has 0 aliphatic heterocycles. The van der Waals surface area contributed by atoms with Crippen LogP contribution in [0.5, 0.6) is 11.8 Å². The number of aromatic nitrogens is 3. The van der Waals surface area contributed by atoms with Gasteiger partial charge in [-0.2, -0.15) is 9.97 Å². The van der Waals surface area contributed by atoms with Gasteiger partial charge in [0, 0.05) is 0 Å². The van der Waals surface area contributed by atoms with Crippen LogP contribution in [0.1, 0.15) is 31.2 Å². The lowest BCUT2D eigenvalue weighted by atomic mass is 9.99. The normalized spacial score (nSPS) is 15.6. The minimum Gasteiger partial charge on any atom is -0.497 e. The highest BCUT2D eigenvalue weighted by atomic mass is 32.1. The first-order chi connectivity index (χ1) is 13.6. The van der Waals surface area contributed by atoms with Gasteiger partial charge in [-0.05, 0) is 30.5 Å². The van der Waals surface area contributed by atoms with Crippen molar-refractivity contribution in [3.63, 3.8) is 0 Å². The van der Waals surface area contributed by atoms with Crippen molar-refractivity contribution in [1.29, 1.82) is 0 Å². The Bertz CT molecular complexity index is 1030. The summed E-state index contributed by atoms with van der Waals surface area (Å²) in [7, 11) is 1.61. The Morgan fingerprint density at radius 3 is 2.89 bits per heavy atom. The molecule has 1 aromatic carbocycles. The Balaban J connectivity index is 1.62. The molecule has 2 heterocycles. The number of hydrogen-bond acceptors (Lipinski definition) is 8. The fourth-order valence-corrected chi connectivity index (χ4v) is 4.23. The maximum atomic E-state index is 11.9. The van der Waals surface area contributed by atoms with Crippen molar-refractivity contribution in [1.82, 2.24) is 15.0 Å². The topological polar surface area (TPSA) is 109 Å². The van der Waals surface area contributed by atoms with E-state index >= 15 is 0 Å². The van der Waals surface area contributed by atoms with Crippen molar-refractivity contribution in [3.8, 4) is 11.8 Å². The van der Waals surface area contributed by atoms with Crippen LogP contribution < -0.4 is 19.7 Å². The van der Waals surface area contributed by atoms with E-state index in [2.05, 4.69) is 20.3 Å². The number of methoxy groups -OCH3 is 1. The third-order valence-electron chi connectivity index (χ3n) is 5.01. The number of aliphatic hydroxyl groups excluding tert-OH is 1. The van der Waals surface area contributed by atoms with Crippen LogP contribution in [0.4, 0.5) is 5.82 Å². The number of H-pyrrole nitrogens is 1. The Labute approximate surface area is 165 Å². The number of ether oxygens (including phenoxy) is 2. The predicted molar refractivity (Wildman–Crippen MR) is 107 cm³/mol. The Morgan fingerprint density at radius 1 is 1.32 bits per heavy atom. The molecule has 0 radical (unpaired) electrons. The summed E-state index contributed by atoms with van der Waals surface area (Å²) < 4.78 is 11.6. The highest BCUT2D eigenvalue weighted by molar-refractivity contribution is 7.17. The van der Waals surface area contributed by atoms with Crippen molar-refractivity contribution < 1.29 is 14.6 Å². The van der Waals surface area contributed by atoms with E-state index in [4.69, 9.17) is 9.47 Å². The van der Waals surface area contributed by atoms with Gasteiger partial charge in [-0.15, -0.1) is 0 Å². The van der Waals surface area contributed by atoms with Gasteiger partial charge in [0.15, 0.2) is 11.5 Å². The number of nitrogens with zero attached hydrogens (tertiary/aromatic N) is 2. The lowest BCUT2D eigenvalue weighted by Crippen LogP contribution is -2.39. The maximum Gasteiger partial charge on any atom is 0.320 e. The summed E-state index contributed by atoms with van der Waals surface area (Å²) in [5.41, 5.74) is 0.927. The number of anilines is 1. The van der Waals surface area contributed by atoms with E-state index in [0.717, 1.165) is 48.3 Å². The predicted octanol–water partition coefficient (Wildman–Crippen LogP) is 2.68. The lowest BCUT2D eigenvalue weighted by Gasteiger charge is -2.28. The van der Waals surface area contributed by atoms with E-state index in [0.29, 0.717) is 16.2 Å². The SMILES string of the molecule is COc1cccc(COc2nc(NC3(CO)CCCC3)c3sc(=O)[nH]c3n2)c1. The monoisotopic (exact) mass is 402 g/mol. The minimum atomic E-state index is -0.418. The molecule has 4 rings (SSSR count). The third-order valence-corrected chi connectivity index (χ3v) is 5.89. The van der Waals surface area contributed by atoms with E-state index < -0.39 is 5.54 Å². The summed E-state index contributed by atoms with van der Waals surface area (Å²) in [5.74, 6) is 1.26. The van der Waals surface area contributed by atoms with Crippen LogP contribution in [0.15, 0.2) is 29.1 Å². The molecule has 148 valence electrons. The number of aliphatic hydroxyl groups is 1. The molecule has 0 unspecified atom stereocenters. The molecule has 3 aromatic rings. The quantitative estimate of drug-likeness (QED) is 0.557. The fourth-order valence-electron chi connectivity index (χ4n) is 3.51. The summed E-state index contributed by atoms with van der Waals surface area (Å²) in [6.07, 6.45) is 3.80. The van der Waals surface area contributed by atoms with Gasteiger partial charge in [-0.1, -0.05) is 36.3 Å². The summed E-state index contributed by atoms with van der Waals surface area (Å²) in [6.45, 7) is 0.277. The molecular formula is C19H22N4O4S. The molecule has 1 saturated carbocycles. The van der Waals surface area contributed by atoms with Crippen LogP contribution in [0, 0.1) is 0 Å². The van der Waals surface area contributed by atoms with Gasteiger partial charge in [0.25, 0.3) is 0 Å². The first-order valence-electron chi connectivity index (χ1n) is 9.16. The summed E-state index contributed by atoms with van der Waals surface area (Å²) in [5, 5.41) is 13.3. The zero-order chi connectivity index (χ0) is 19.6. The molecule has 28 heavy (non-hydrogen) atoms. The first-order valence-corrected chi connectivity index (χ1v) is 9.98. The second-order valence-electron chi connectivity index (χ2n) is 6.96. The number of hydrogen-bond donors (Lipinski definition) is 3. The largest absolute Gasteiger partial charge is 0.497 e. The van der Waals surface area contributed by atoms with Crippen LogP contribution in [0.3, 0.4) is 0 Å². The number of benzene rings is 1. The molecule has 0 atom stereocenters. The zero-order valence-corrected chi connectivity index (χ0v) is 16.3. The van der Waals surface area contributed by atoms with Crippen molar-refractivity contribution in [2.24, 2.45) is 0 Å². The molecule has 0 bridgehead atoms. The van der Waals surface area contributed by atoms with Gasteiger partial charge < -0.3 is 19.9 Å². The van der Waals surface area contributed by atoms with Crippen molar-refractivity contribution in [3.05, 3.63) is 39.5 Å². The smallest absolute Gasteiger partial charge is 0.320 e. The van der Waals surface area contributed by atoms with Gasteiger partial charge in [-0.25, -0.2) is 0 Å². The molecule has 1 fully saturated rings. The number of aromatic amines is 1. The van der Waals surface area contributed by atoms with Crippen LogP contribution in [-0.4, -0.2) is 39.3 Å². The lowest BCUT2D eigenvalue weighted by molar-refractivity contribution is 0.213. The number of rotatable bonds is 7. The van der Waals surface area contributed by atoms with Gasteiger partial charge in [0.05, 0.1) is 19.3 Å². The molecular weight excluding hydrogens is 380 g/mol. The third kappa shape index (κ3) is 3.81. The van der Waals surface area contributed by atoms with Crippen molar-refractivity contribution >= 4 is 27.5 Å². The summed E-state index contributed by atoms with van der Waals surface area (Å²) in [6, 6.07) is 7.71. The Kier molecular flexibility index (Phi) is 5.19. The second-order valence-corrected chi connectivity index (χ2v) is 7.94. The van der Waals surface area contributed by atoms with Gasteiger partial charge >= 0.3 is 10.9 Å². The molecule has 1 aliphatic rings. The second kappa shape index (κ2) is 7.76. The van der Waals surface area contributed by atoms with E-state index in [1.165, 1.54) is 0 Å². The molecule has 3 N–H and O–H groups in total. The Hall–Kier alpha value is -2.65. The molecule has 1 aliphatic carbocycles. The van der Waals surface area contributed by atoms with Crippen LogP contribution in [-0.2, 0) is 6.61 Å². The molecule has 0 amide bonds. The van der Waals surface area contributed by atoms with Crippen LogP contribution in [0.25, 0.3) is 10.3 Å². The molecule has 9 heteroatoms. The molecule has 2 aromatic heterocycles. The first kappa shape index (κ1) is 18.7. The minimum absolute atomic E-state index is 0.0117. The number of thiazole rings is 1. The van der Waals surface area contributed by atoms with Gasteiger partial charge in [0.2, 0.25) is 0 Å². The zero-order valence-electron chi connectivity index (χ0n) is 15.5. The van der Waals surface area contributed by atoms with Crippen molar-refractivity contribution in [2.75, 3.05) is 19.0 Å². The number of fused-ring (bicyclic) bond motifs is 1. The van der Waals surface area contributed by atoms with Crippen molar-refractivity contribution in [2.45, 2.75) is 37.8 Å². The summed E-state index contributed by atoms with van der Waals surface area (Å²) in [4.78, 5) is 23.2. The average molecular weight is 402 g/mol. The molecule has 8 nitrogen and oxygen atoms in total. The fraction of sp³-hybridized carbons (Fsp3) is 0.421. The standard InChI is InChI=1S/C19H22N4O4S/c1-26-13-6-4-5-12(9-13)10-27-17-20-15-14(28-18(25)22-15)16(21-17)23-19(11-24)7-2-3-8-19/h4-6,9,24H,2-3,7-8,10-11H2,1H3,(H2,20,21,22,23,25). The van der Waals surface area contributed by atoms with E-state index in [1.807, 2.05) is 24.3 Å². The highest BCUT2D eigenvalue weighted by Gasteiger charge is 2.34. The average Bonchev–Trinajstić information content (AvgIpc) is 3.33. The summed E-state index contributed by atoms with van der Waals surface area (Å²) >= 11 is 1.05. The molecule has 0 spiro atoms. The maximum absolute atomic E-state index is 11.9. The highest BCUT2D eigenvalue weighted by Crippen LogP contribution is 2.35. The van der Waals surface area contributed by atoms with E-state index in [1.54, 1.807) is 7.11 Å². The van der Waals surface area contributed by atoms with Crippen LogP contribution in [0.2, 0.25) is 0 Å². The van der Waals surface area contributed by atoms with Gasteiger partial charge in [-0.3, -0.25) is 9.78 Å². The molecule has 0 saturated heterocycles. The number of nitrogens with one attached hydrogen (secondary N) is 2. The van der Waals surface area contributed by atoms with E-state index in [9.17, 15) is 9.90 Å².